The van der Waals surface area contributed by atoms with E-state index in [1.165, 1.54) is 6.20 Å². The molecule has 1 rings (SSSR count). The van der Waals surface area contributed by atoms with Gasteiger partial charge in [0.2, 0.25) is 0 Å². The van der Waals surface area contributed by atoms with E-state index in [0.717, 1.165) is 11.1 Å². The minimum Gasteiger partial charge on any atom is -0.265 e. The van der Waals surface area contributed by atoms with Crippen LogP contribution in [0.5, 0.6) is 0 Å². The monoisotopic (exact) mass is 256 g/mol. The highest BCUT2D eigenvalue weighted by molar-refractivity contribution is 6.31. The van der Waals surface area contributed by atoms with Crippen molar-refractivity contribution in [3.05, 3.63) is 65.4 Å². The van der Waals surface area contributed by atoms with E-state index in [-0.39, 0.29) is 0 Å². The van der Waals surface area contributed by atoms with Gasteiger partial charge < -0.3 is 0 Å². The molecule has 0 spiro atoms. The van der Waals surface area contributed by atoms with Gasteiger partial charge in [-0.25, -0.2) is 0 Å². The van der Waals surface area contributed by atoms with Gasteiger partial charge in [0.25, 0.3) is 0 Å². The zero-order valence-corrected chi connectivity index (χ0v) is 10.9. The molecule has 2 nitrogen and oxygen atoms in total. The Morgan fingerprint density at radius 3 is 2.83 bits per heavy atom. The van der Waals surface area contributed by atoms with E-state index in [1.54, 1.807) is 24.4 Å². The summed E-state index contributed by atoms with van der Waals surface area (Å²) in [6.07, 6.45) is 6.60. The number of hydrogen-bond donors (Lipinski definition) is 0. The lowest BCUT2D eigenvalue weighted by Crippen LogP contribution is -1.87. The van der Waals surface area contributed by atoms with Gasteiger partial charge in [-0.1, -0.05) is 36.4 Å². The van der Waals surface area contributed by atoms with Crippen molar-refractivity contribution < 1.29 is 0 Å². The molecule has 18 heavy (non-hydrogen) atoms. The molecule has 0 amide bonds. The van der Waals surface area contributed by atoms with Crippen LogP contribution >= 0.6 is 11.6 Å². The first-order valence-corrected chi connectivity index (χ1v) is 5.77. The average Bonchev–Trinajstić information content (AvgIpc) is 2.39. The number of benzene rings is 1. The van der Waals surface area contributed by atoms with E-state index in [1.807, 2.05) is 25.1 Å². The second-order valence-electron chi connectivity index (χ2n) is 3.43. The third-order valence-corrected chi connectivity index (χ3v) is 2.46. The summed E-state index contributed by atoms with van der Waals surface area (Å²) in [6, 6.07) is 9.50. The summed E-state index contributed by atoms with van der Waals surface area (Å²) in [4.78, 5) is 3.99. The largest absolute Gasteiger partial charge is 0.265 e. The Morgan fingerprint density at radius 1 is 1.50 bits per heavy atom. The van der Waals surface area contributed by atoms with Crippen LogP contribution in [-0.2, 0) is 0 Å². The van der Waals surface area contributed by atoms with Crippen LogP contribution < -0.4 is 0 Å². The van der Waals surface area contributed by atoms with Gasteiger partial charge in [0.05, 0.1) is 6.07 Å². The maximum atomic E-state index is 8.95. The normalized spacial score (nSPS) is 12.5. The Hall–Kier alpha value is -2.11. The molecule has 0 bridgehead atoms. The van der Waals surface area contributed by atoms with E-state index >= 15 is 0 Å². The topological polar surface area (TPSA) is 36.1 Å². The second kappa shape index (κ2) is 7.26. The minimum absolute atomic E-state index is 0.570. The van der Waals surface area contributed by atoms with Crippen molar-refractivity contribution in [2.45, 2.75) is 6.92 Å². The van der Waals surface area contributed by atoms with Crippen LogP contribution in [0.15, 0.2) is 59.8 Å². The van der Waals surface area contributed by atoms with Gasteiger partial charge in [0, 0.05) is 28.6 Å². The van der Waals surface area contributed by atoms with Gasteiger partial charge in [-0.3, -0.25) is 4.99 Å². The molecule has 0 N–H and O–H groups in total. The Kier molecular flexibility index (Phi) is 5.63. The molecule has 0 radical (unpaired) electrons. The summed E-state index contributed by atoms with van der Waals surface area (Å²) in [6.45, 7) is 5.35. The first-order valence-electron chi connectivity index (χ1n) is 5.39. The molecule has 3 heteroatoms. The van der Waals surface area contributed by atoms with Gasteiger partial charge in [-0.15, -0.1) is 0 Å². The van der Waals surface area contributed by atoms with E-state index in [2.05, 4.69) is 17.6 Å². The molecule has 0 saturated heterocycles. The van der Waals surface area contributed by atoms with Crippen LogP contribution in [0.2, 0.25) is 5.02 Å². The van der Waals surface area contributed by atoms with Crippen LogP contribution in [0.1, 0.15) is 12.5 Å². The van der Waals surface area contributed by atoms with Crippen molar-refractivity contribution in [2.24, 2.45) is 4.99 Å². The number of hydrogen-bond acceptors (Lipinski definition) is 2. The van der Waals surface area contributed by atoms with E-state index in [0.29, 0.717) is 10.6 Å². The second-order valence-corrected chi connectivity index (χ2v) is 3.86. The summed E-state index contributed by atoms with van der Waals surface area (Å²) in [5, 5.41) is 9.59. The van der Waals surface area contributed by atoms with E-state index in [9.17, 15) is 0 Å². The van der Waals surface area contributed by atoms with Crippen LogP contribution in [0.3, 0.4) is 0 Å². The number of nitrogens with zero attached hydrogens (tertiary/aromatic N) is 2. The van der Waals surface area contributed by atoms with Gasteiger partial charge in [-0.05, 0) is 30.7 Å². The quantitative estimate of drug-likeness (QED) is 0.447. The average molecular weight is 257 g/mol. The number of rotatable bonds is 4. The van der Waals surface area contributed by atoms with Gasteiger partial charge >= 0.3 is 0 Å². The molecule has 0 unspecified atom stereocenters. The molecule has 0 atom stereocenters. The summed E-state index contributed by atoms with van der Waals surface area (Å²) in [5.41, 5.74) is 2.29. The van der Waals surface area contributed by atoms with Crippen molar-refractivity contribution >= 4 is 23.4 Å². The molecule has 0 aliphatic heterocycles. The Morgan fingerprint density at radius 2 is 2.28 bits per heavy atom. The van der Waals surface area contributed by atoms with E-state index < -0.39 is 0 Å². The van der Waals surface area contributed by atoms with Gasteiger partial charge in [0.15, 0.2) is 0 Å². The fourth-order valence-electron chi connectivity index (χ4n) is 1.34. The summed E-state index contributed by atoms with van der Waals surface area (Å²) >= 11 is 5.96. The lowest BCUT2D eigenvalue weighted by molar-refractivity contribution is 1.48. The summed E-state index contributed by atoms with van der Waals surface area (Å²) in [7, 11) is 0. The van der Waals surface area contributed by atoms with Crippen molar-refractivity contribution in [2.75, 3.05) is 0 Å². The fraction of sp³-hybridized carbons (Fsp3) is 0.0667. The summed E-state index contributed by atoms with van der Waals surface area (Å²) in [5.74, 6) is 0. The Bertz CT molecular complexity index is 560. The maximum absolute atomic E-state index is 8.95. The first kappa shape index (κ1) is 14.0. The molecule has 0 aliphatic carbocycles. The lowest BCUT2D eigenvalue weighted by atomic mass is 10.0. The third-order valence-electron chi connectivity index (χ3n) is 2.23. The predicted molar refractivity (Wildman–Crippen MR) is 77.5 cm³/mol. The third kappa shape index (κ3) is 4.04. The Labute approximate surface area is 112 Å². The smallest absolute Gasteiger partial charge is 0.0988 e. The Balaban J connectivity index is 3.26. The molecule has 0 fully saturated rings. The molecule has 0 saturated carbocycles. The predicted octanol–water partition coefficient (Wildman–Crippen LogP) is 4.41. The molecule has 0 aliphatic rings. The summed E-state index contributed by atoms with van der Waals surface area (Å²) < 4.78 is 0. The number of allylic oxidation sites excluding steroid dienone is 4. The van der Waals surface area contributed by atoms with Crippen LogP contribution in [-0.4, -0.2) is 6.21 Å². The van der Waals surface area contributed by atoms with Gasteiger partial charge in [-0.2, -0.15) is 5.26 Å². The maximum Gasteiger partial charge on any atom is 0.0988 e. The number of aliphatic imine (C=N–C) groups is 1. The SMILES string of the molecule is C=CN=C/C(=C\C(C#N)=C\C)c1cccc(Cl)c1. The fourth-order valence-corrected chi connectivity index (χ4v) is 1.53. The van der Waals surface area contributed by atoms with E-state index in [4.69, 9.17) is 16.9 Å². The lowest BCUT2D eigenvalue weighted by Gasteiger charge is -2.02. The standard InChI is InChI=1S/C15H13ClN2/c1-3-12(10-17)8-14(11-18-4-2)13-6-5-7-15(16)9-13/h3-9,11H,2H2,1H3/b12-3-,14-8+,18-11?. The molecular weight excluding hydrogens is 244 g/mol. The van der Waals surface area contributed by atoms with Crippen molar-refractivity contribution in [3.63, 3.8) is 0 Å². The van der Waals surface area contributed by atoms with Crippen LogP contribution in [0, 0.1) is 11.3 Å². The molecule has 0 aromatic heterocycles. The molecule has 90 valence electrons. The minimum atomic E-state index is 0.570. The molecule has 0 heterocycles. The van der Waals surface area contributed by atoms with Crippen molar-refractivity contribution in [1.29, 1.82) is 5.26 Å². The highest BCUT2D eigenvalue weighted by Gasteiger charge is 2.01. The highest BCUT2D eigenvalue weighted by Crippen LogP contribution is 2.19. The number of halogens is 1. The van der Waals surface area contributed by atoms with Crippen molar-refractivity contribution in [1.82, 2.24) is 0 Å². The molecule has 1 aromatic carbocycles. The zero-order chi connectivity index (χ0) is 13.4. The van der Waals surface area contributed by atoms with Crippen LogP contribution in [0.25, 0.3) is 5.57 Å². The molecular formula is C15H13ClN2. The van der Waals surface area contributed by atoms with Crippen LogP contribution in [0.4, 0.5) is 0 Å². The molecule has 1 aromatic rings. The first-order chi connectivity index (χ1) is 8.71. The number of nitriles is 1. The highest BCUT2D eigenvalue weighted by atomic mass is 35.5. The zero-order valence-electron chi connectivity index (χ0n) is 10.1. The van der Waals surface area contributed by atoms with Crippen molar-refractivity contribution in [3.8, 4) is 6.07 Å². The van der Waals surface area contributed by atoms with Gasteiger partial charge in [0.1, 0.15) is 0 Å².